The van der Waals surface area contributed by atoms with Gasteiger partial charge < -0.3 is 4.90 Å². The first kappa shape index (κ1) is 12.5. The number of rotatable bonds is 2. The number of carbonyl (C=O) groups excluding carboxylic acids is 1. The second-order valence-electron chi connectivity index (χ2n) is 5.67. The summed E-state index contributed by atoms with van der Waals surface area (Å²) >= 11 is 0. The first-order valence-electron chi connectivity index (χ1n) is 7.47. The van der Waals surface area contributed by atoms with Crippen LogP contribution in [0.15, 0.2) is 18.6 Å². The summed E-state index contributed by atoms with van der Waals surface area (Å²) in [5, 5.41) is 7.28. The van der Waals surface area contributed by atoms with Crippen molar-refractivity contribution in [2.24, 2.45) is 0 Å². The van der Waals surface area contributed by atoms with Crippen LogP contribution in [0.2, 0.25) is 0 Å². The highest BCUT2D eigenvalue weighted by Gasteiger charge is 2.34. The van der Waals surface area contributed by atoms with Gasteiger partial charge in [0.2, 0.25) is 0 Å². The third-order valence-electron chi connectivity index (χ3n) is 4.45. The van der Waals surface area contributed by atoms with Gasteiger partial charge in [0.1, 0.15) is 0 Å². The molecule has 0 saturated carbocycles. The lowest BCUT2D eigenvalue weighted by molar-refractivity contribution is 0.0725. The van der Waals surface area contributed by atoms with Crippen LogP contribution in [0.3, 0.4) is 0 Å². The zero-order chi connectivity index (χ0) is 14.2. The largest absolute Gasteiger partial charge is 0.329 e. The molecule has 1 fully saturated rings. The fourth-order valence-corrected chi connectivity index (χ4v) is 3.43. The van der Waals surface area contributed by atoms with Crippen molar-refractivity contribution in [2.45, 2.75) is 38.1 Å². The lowest BCUT2D eigenvalue weighted by Gasteiger charge is -2.23. The van der Waals surface area contributed by atoms with Gasteiger partial charge in [0.15, 0.2) is 5.69 Å². The molecule has 0 radical (unpaired) electrons. The Bertz CT molecular complexity index is 666. The topological polar surface area (TPSA) is 74.8 Å². The third kappa shape index (κ3) is 2.02. The molecule has 1 N–H and O–H groups in total. The Labute approximate surface area is 122 Å². The normalized spacial score (nSPS) is 20.8. The van der Waals surface area contributed by atoms with Gasteiger partial charge in [-0.25, -0.2) is 0 Å². The van der Waals surface area contributed by atoms with E-state index in [0.717, 1.165) is 55.6 Å². The van der Waals surface area contributed by atoms with E-state index in [0.29, 0.717) is 5.69 Å². The molecule has 3 heterocycles. The fourth-order valence-electron chi connectivity index (χ4n) is 3.43. The predicted octanol–water partition coefficient (Wildman–Crippen LogP) is 1.67. The number of nitrogens with one attached hydrogen (secondary N) is 1. The Morgan fingerprint density at radius 1 is 1.29 bits per heavy atom. The predicted molar refractivity (Wildman–Crippen MR) is 75.7 cm³/mol. The molecule has 0 spiro atoms. The van der Waals surface area contributed by atoms with E-state index in [9.17, 15) is 4.79 Å². The highest BCUT2D eigenvalue weighted by atomic mass is 16.2. The van der Waals surface area contributed by atoms with Crippen molar-refractivity contribution in [1.82, 2.24) is 25.1 Å². The van der Waals surface area contributed by atoms with Crippen molar-refractivity contribution in [2.75, 3.05) is 6.54 Å². The first-order chi connectivity index (χ1) is 10.3. The van der Waals surface area contributed by atoms with Crippen LogP contribution in [0, 0.1) is 0 Å². The summed E-state index contributed by atoms with van der Waals surface area (Å²) in [5.74, 6) is 0.0301. The summed E-state index contributed by atoms with van der Waals surface area (Å²) in [7, 11) is 0. The van der Waals surface area contributed by atoms with Crippen LogP contribution in [-0.4, -0.2) is 37.5 Å². The highest BCUT2D eigenvalue weighted by Crippen LogP contribution is 2.33. The number of aromatic nitrogens is 4. The van der Waals surface area contributed by atoms with Crippen molar-refractivity contribution in [1.29, 1.82) is 0 Å². The van der Waals surface area contributed by atoms with Gasteiger partial charge in [-0.1, -0.05) is 0 Å². The van der Waals surface area contributed by atoms with E-state index in [2.05, 4.69) is 20.2 Å². The number of H-pyrrole nitrogens is 1. The molecule has 1 saturated heterocycles. The molecule has 6 nitrogen and oxygen atoms in total. The van der Waals surface area contributed by atoms with Gasteiger partial charge in [0.05, 0.1) is 17.9 Å². The minimum atomic E-state index is 0.0277. The van der Waals surface area contributed by atoms with Crippen LogP contribution in [0.4, 0.5) is 0 Å². The molecule has 21 heavy (non-hydrogen) atoms. The van der Waals surface area contributed by atoms with Gasteiger partial charge in [-0.05, 0) is 32.1 Å². The molecule has 1 amide bonds. The van der Waals surface area contributed by atoms with E-state index in [1.54, 1.807) is 18.6 Å². The van der Waals surface area contributed by atoms with Crippen molar-refractivity contribution in [3.05, 3.63) is 41.2 Å². The Hall–Kier alpha value is -2.24. The van der Waals surface area contributed by atoms with Crippen molar-refractivity contribution < 1.29 is 4.79 Å². The van der Waals surface area contributed by atoms with Gasteiger partial charge in [-0.3, -0.25) is 19.9 Å². The summed E-state index contributed by atoms with van der Waals surface area (Å²) in [6.07, 6.45) is 10.1. The van der Waals surface area contributed by atoms with E-state index in [-0.39, 0.29) is 11.9 Å². The van der Waals surface area contributed by atoms with Crippen LogP contribution in [-0.2, 0) is 12.8 Å². The van der Waals surface area contributed by atoms with E-state index in [1.165, 1.54) is 0 Å². The summed E-state index contributed by atoms with van der Waals surface area (Å²) in [5.41, 5.74) is 3.73. The molecule has 108 valence electrons. The second-order valence-corrected chi connectivity index (χ2v) is 5.67. The number of amides is 1. The lowest BCUT2D eigenvalue weighted by Crippen LogP contribution is -2.32. The first-order valence-corrected chi connectivity index (χ1v) is 7.47. The second kappa shape index (κ2) is 4.95. The molecule has 2 aromatic heterocycles. The van der Waals surface area contributed by atoms with E-state index < -0.39 is 0 Å². The van der Waals surface area contributed by atoms with Crippen LogP contribution >= 0.6 is 0 Å². The fraction of sp³-hybridized carbons (Fsp3) is 0.467. The molecule has 1 aliphatic carbocycles. The number of fused-ring (bicyclic) bond motifs is 1. The smallest absolute Gasteiger partial charge is 0.275 e. The molecular weight excluding hydrogens is 266 g/mol. The van der Waals surface area contributed by atoms with Gasteiger partial charge in [-0.2, -0.15) is 5.10 Å². The minimum Gasteiger partial charge on any atom is -0.329 e. The van der Waals surface area contributed by atoms with Crippen LogP contribution in [0.5, 0.6) is 0 Å². The molecule has 1 atom stereocenters. The van der Waals surface area contributed by atoms with Crippen molar-refractivity contribution in [3.8, 4) is 0 Å². The Balaban J connectivity index is 1.64. The minimum absolute atomic E-state index is 0.0277. The molecular formula is C15H17N5O. The molecule has 0 bridgehead atoms. The molecule has 1 aliphatic heterocycles. The molecule has 6 heteroatoms. The zero-order valence-electron chi connectivity index (χ0n) is 11.7. The number of nitrogens with zero attached hydrogens (tertiary/aromatic N) is 4. The summed E-state index contributed by atoms with van der Waals surface area (Å²) in [6.45, 7) is 0.766. The summed E-state index contributed by atoms with van der Waals surface area (Å²) in [6, 6.07) is 0.0277. The highest BCUT2D eigenvalue weighted by molar-refractivity contribution is 5.94. The van der Waals surface area contributed by atoms with Gasteiger partial charge >= 0.3 is 0 Å². The maximum atomic E-state index is 12.8. The Morgan fingerprint density at radius 3 is 3.10 bits per heavy atom. The van der Waals surface area contributed by atoms with E-state index in [1.807, 2.05) is 4.90 Å². The average Bonchev–Trinajstić information content (AvgIpc) is 3.23. The van der Waals surface area contributed by atoms with Gasteiger partial charge in [0.25, 0.3) is 5.91 Å². The number of carbonyl (C=O) groups is 1. The number of aromatic amines is 1. The molecule has 0 aromatic carbocycles. The number of hydrogen-bond acceptors (Lipinski definition) is 4. The van der Waals surface area contributed by atoms with Crippen LogP contribution in [0.25, 0.3) is 0 Å². The van der Waals surface area contributed by atoms with Gasteiger partial charge in [-0.15, -0.1) is 0 Å². The third-order valence-corrected chi connectivity index (χ3v) is 4.45. The number of hydrogen-bond donors (Lipinski definition) is 1. The summed E-state index contributed by atoms with van der Waals surface area (Å²) < 4.78 is 0. The van der Waals surface area contributed by atoms with E-state index in [4.69, 9.17) is 0 Å². The maximum absolute atomic E-state index is 12.8. The van der Waals surface area contributed by atoms with Crippen molar-refractivity contribution >= 4 is 5.91 Å². The standard InChI is InChI=1S/C15H17N5O/c21-15(14-10-3-1-4-11(10)18-19-14)20-8-2-5-13(20)12-9-16-6-7-17-12/h6-7,9,13H,1-5,8H2,(H,18,19)/t13-/m1/s1. The Morgan fingerprint density at radius 2 is 2.24 bits per heavy atom. The number of aryl methyl sites for hydroxylation is 1. The van der Waals surface area contributed by atoms with E-state index >= 15 is 0 Å². The maximum Gasteiger partial charge on any atom is 0.275 e. The van der Waals surface area contributed by atoms with Gasteiger partial charge in [0, 0.05) is 30.2 Å². The quantitative estimate of drug-likeness (QED) is 0.909. The lowest BCUT2D eigenvalue weighted by atomic mass is 10.1. The molecule has 0 unspecified atom stereocenters. The molecule has 4 rings (SSSR count). The van der Waals surface area contributed by atoms with Crippen molar-refractivity contribution in [3.63, 3.8) is 0 Å². The zero-order valence-corrected chi connectivity index (χ0v) is 11.7. The number of likely N-dealkylation sites (tertiary alicyclic amines) is 1. The van der Waals surface area contributed by atoms with Crippen LogP contribution < -0.4 is 0 Å². The monoisotopic (exact) mass is 283 g/mol. The average molecular weight is 283 g/mol. The SMILES string of the molecule is O=C(c1n[nH]c2c1CCC2)N1CCC[C@@H]1c1cnccn1. The Kier molecular flexibility index (Phi) is 2.94. The molecule has 2 aliphatic rings. The van der Waals surface area contributed by atoms with Crippen LogP contribution in [0.1, 0.15) is 52.7 Å². The summed E-state index contributed by atoms with van der Waals surface area (Å²) in [4.78, 5) is 23.2. The molecule has 2 aromatic rings.